The quantitative estimate of drug-likeness (QED) is 0.248. The molecule has 4 atom stereocenters. The predicted octanol–water partition coefficient (Wildman–Crippen LogP) is 4.73. The fourth-order valence-corrected chi connectivity index (χ4v) is 5.97. The number of fused-ring (bicyclic) bond motifs is 3. The van der Waals surface area contributed by atoms with Gasteiger partial charge in [-0.1, -0.05) is 12.1 Å². The van der Waals surface area contributed by atoms with Crippen molar-refractivity contribution >= 4 is 11.8 Å². The Bertz CT molecular complexity index is 1790. The molecule has 2 heterocycles. The van der Waals surface area contributed by atoms with Crippen molar-refractivity contribution < 1.29 is 41.0 Å². The van der Waals surface area contributed by atoms with E-state index >= 15 is 0 Å². The van der Waals surface area contributed by atoms with Crippen LogP contribution in [0.25, 0.3) is 11.1 Å². The lowest BCUT2D eigenvalue weighted by atomic mass is 9.94. The summed E-state index contributed by atoms with van der Waals surface area (Å²) in [5.41, 5.74) is 4.43. The van der Waals surface area contributed by atoms with Crippen molar-refractivity contribution in [1.29, 1.82) is 0 Å². The highest BCUT2D eigenvalue weighted by Gasteiger charge is 2.58. The second-order valence-electron chi connectivity index (χ2n) is 10.9. The molecule has 4 N–H and O–H groups in total. The molecule has 0 bridgehead atoms. The molecule has 2 aliphatic rings. The molecule has 2 aromatic heterocycles. The summed E-state index contributed by atoms with van der Waals surface area (Å²) in [6.07, 6.45) is -4.45. The number of carbonyl (C=O) groups excluding carboxylic acids is 2. The highest BCUT2D eigenvalue weighted by molar-refractivity contribution is 5.94. The number of carbonyl (C=O) groups is 2. The zero-order valence-electron chi connectivity index (χ0n) is 22.6. The van der Waals surface area contributed by atoms with E-state index in [1.165, 1.54) is 24.4 Å². The molecular weight excluding hydrogens is 592 g/mol. The number of alkyl halides is 3. The van der Waals surface area contributed by atoms with E-state index in [4.69, 9.17) is 5.73 Å². The van der Waals surface area contributed by atoms with E-state index < -0.39 is 71.3 Å². The SMILES string of the molecule is NC(=O)c1cc(-c2cccnc2[C@H](Cc2cc(F)cc(F)c2)NC(=O)Cn2nc(C(F)(F)F)c3c2[C@H](O)[C@H]2C[C@@H]32)ccc1F. The molecule has 4 aromatic rings. The summed E-state index contributed by atoms with van der Waals surface area (Å²) in [4.78, 5) is 29.5. The van der Waals surface area contributed by atoms with Crippen LogP contribution >= 0.6 is 0 Å². The van der Waals surface area contributed by atoms with E-state index in [0.29, 0.717) is 18.1 Å². The second-order valence-corrected chi connectivity index (χ2v) is 10.9. The van der Waals surface area contributed by atoms with E-state index in [9.17, 15) is 41.0 Å². The van der Waals surface area contributed by atoms with Crippen LogP contribution in [0.1, 0.15) is 63.1 Å². The number of pyridine rings is 1. The highest BCUT2D eigenvalue weighted by Crippen LogP contribution is 2.63. The van der Waals surface area contributed by atoms with Crippen LogP contribution in [0.2, 0.25) is 0 Å². The fraction of sp³-hybridized carbons (Fsp3) is 0.267. The van der Waals surface area contributed by atoms with Crippen LogP contribution in [0.4, 0.5) is 26.3 Å². The lowest BCUT2D eigenvalue weighted by Gasteiger charge is -2.22. The lowest BCUT2D eigenvalue weighted by Crippen LogP contribution is -2.34. The Labute approximate surface area is 245 Å². The van der Waals surface area contributed by atoms with Gasteiger partial charge in [0.15, 0.2) is 5.69 Å². The number of nitrogens with zero attached hydrogens (tertiary/aromatic N) is 3. The van der Waals surface area contributed by atoms with Crippen LogP contribution in [-0.2, 0) is 23.9 Å². The molecule has 2 aliphatic carbocycles. The summed E-state index contributed by atoms with van der Waals surface area (Å²) in [6.45, 7) is -0.701. The van der Waals surface area contributed by atoms with Crippen molar-refractivity contribution in [3.63, 3.8) is 0 Å². The van der Waals surface area contributed by atoms with Gasteiger partial charge in [0.1, 0.15) is 24.0 Å². The van der Waals surface area contributed by atoms with Crippen LogP contribution in [0.15, 0.2) is 54.7 Å². The Kier molecular flexibility index (Phi) is 7.19. The number of nitrogens with two attached hydrogens (primary N) is 1. The first-order valence-electron chi connectivity index (χ1n) is 13.5. The lowest BCUT2D eigenvalue weighted by molar-refractivity contribution is -0.142. The van der Waals surface area contributed by atoms with E-state index in [-0.39, 0.29) is 40.4 Å². The smallest absolute Gasteiger partial charge is 0.386 e. The van der Waals surface area contributed by atoms with E-state index in [2.05, 4.69) is 15.4 Å². The van der Waals surface area contributed by atoms with Gasteiger partial charge >= 0.3 is 6.18 Å². The number of hydrogen-bond acceptors (Lipinski definition) is 5. The number of aliphatic hydroxyl groups excluding tert-OH is 1. The average Bonchev–Trinajstić information content (AvgIpc) is 3.56. The summed E-state index contributed by atoms with van der Waals surface area (Å²) < 4.78 is 84.6. The number of aromatic nitrogens is 3. The third kappa shape index (κ3) is 5.41. The van der Waals surface area contributed by atoms with Gasteiger partial charge in [-0.3, -0.25) is 19.3 Å². The van der Waals surface area contributed by atoms with Crippen LogP contribution in [0.5, 0.6) is 0 Å². The van der Waals surface area contributed by atoms with Gasteiger partial charge in [-0.25, -0.2) is 13.2 Å². The number of hydrogen-bond donors (Lipinski definition) is 3. The molecule has 14 heteroatoms. The minimum atomic E-state index is -4.80. The Balaban J connectivity index is 1.37. The van der Waals surface area contributed by atoms with Gasteiger partial charge in [0.05, 0.1) is 29.1 Å². The number of halogens is 6. The first-order valence-corrected chi connectivity index (χ1v) is 13.5. The van der Waals surface area contributed by atoms with E-state index in [1.54, 1.807) is 6.07 Å². The van der Waals surface area contributed by atoms with Crippen molar-refractivity contribution in [3.8, 4) is 11.1 Å². The summed E-state index contributed by atoms with van der Waals surface area (Å²) in [5, 5.41) is 16.9. The maximum atomic E-state index is 14.2. The molecule has 0 spiro atoms. The van der Waals surface area contributed by atoms with Crippen molar-refractivity contribution in [2.24, 2.45) is 11.7 Å². The van der Waals surface area contributed by atoms with Gasteiger partial charge in [0, 0.05) is 23.4 Å². The molecule has 1 fully saturated rings. The topological polar surface area (TPSA) is 123 Å². The first kappa shape index (κ1) is 29.4. The molecule has 8 nitrogen and oxygen atoms in total. The van der Waals surface area contributed by atoms with Crippen LogP contribution in [0, 0.1) is 23.4 Å². The summed E-state index contributed by atoms with van der Waals surface area (Å²) in [7, 11) is 0. The molecule has 6 rings (SSSR count). The predicted molar refractivity (Wildman–Crippen MR) is 142 cm³/mol. The molecular formula is C30H23F6N5O3. The highest BCUT2D eigenvalue weighted by atomic mass is 19.4. The molecule has 0 aliphatic heterocycles. The minimum absolute atomic E-state index is 0.0682. The summed E-state index contributed by atoms with van der Waals surface area (Å²) >= 11 is 0. The normalized spacial score (nSPS) is 19.3. The molecule has 1 saturated carbocycles. The van der Waals surface area contributed by atoms with Gasteiger partial charge in [-0.15, -0.1) is 0 Å². The van der Waals surface area contributed by atoms with E-state index in [0.717, 1.165) is 22.9 Å². The van der Waals surface area contributed by atoms with Crippen molar-refractivity contribution in [3.05, 3.63) is 106 Å². The monoisotopic (exact) mass is 615 g/mol. The number of nitrogens with one attached hydrogen (secondary N) is 1. The largest absolute Gasteiger partial charge is 0.435 e. The maximum absolute atomic E-state index is 14.2. The van der Waals surface area contributed by atoms with Crippen LogP contribution in [0.3, 0.4) is 0 Å². The average molecular weight is 616 g/mol. The zero-order valence-corrected chi connectivity index (χ0v) is 22.6. The fourth-order valence-electron chi connectivity index (χ4n) is 5.97. The van der Waals surface area contributed by atoms with Crippen molar-refractivity contribution in [1.82, 2.24) is 20.1 Å². The molecule has 2 aromatic carbocycles. The van der Waals surface area contributed by atoms with Gasteiger partial charge in [-0.2, -0.15) is 18.3 Å². The molecule has 0 saturated heterocycles. The van der Waals surface area contributed by atoms with Gasteiger partial charge in [-0.05, 0) is 66.1 Å². The standard InChI is InChI=1S/C30H23F6N5O3/c31-15-6-13(7-16(32)10-15)8-22(25-17(2-1-5-38-25)14-3-4-21(33)20(9-14)29(37)44)39-23(42)12-41-26-24(18-11-19(18)27(26)43)28(40-41)30(34,35)36/h1-7,9-10,18-19,22,27,43H,8,11-12H2,(H2,37,44)(H,39,42)/t18-,19+,22+,27-/m1/s1. The Morgan fingerprint density at radius 2 is 1.82 bits per heavy atom. The van der Waals surface area contributed by atoms with Crippen molar-refractivity contribution in [2.45, 2.75) is 43.6 Å². The molecule has 0 unspecified atom stereocenters. The third-order valence-electron chi connectivity index (χ3n) is 7.90. The molecule has 44 heavy (non-hydrogen) atoms. The van der Waals surface area contributed by atoms with Crippen molar-refractivity contribution in [2.75, 3.05) is 0 Å². The third-order valence-corrected chi connectivity index (χ3v) is 7.90. The van der Waals surface area contributed by atoms with Gasteiger partial charge < -0.3 is 16.2 Å². The second kappa shape index (κ2) is 10.8. The van der Waals surface area contributed by atoms with Gasteiger partial charge in [0.25, 0.3) is 5.91 Å². The molecule has 2 amide bonds. The Morgan fingerprint density at radius 1 is 1.09 bits per heavy atom. The van der Waals surface area contributed by atoms with E-state index in [1.807, 2.05) is 0 Å². The Hall–Kier alpha value is -4.72. The number of amides is 2. The first-order chi connectivity index (χ1) is 20.8. The molecule has 0 radical (unpaired) electrons. The molecule has 228 valence electrons. The van der Waals surface area contributed by atoms with Crippen LogP contribution < -0.4 is 11.1 Å². The minimum Gasteiger partial charge on any atom is -0.386 e. The number of aliphatic hydroxyl groups is 1. The number of rotatable bonds is 8. The number of primary amides is 1. The van der Waals surface area contributed by atoms with Crippen LogP contribution in [-0.4, -0.2) is 31.7 Å². The summed E-state index contributed by atoms with van der Waals surface area (Å²) in [5.74, 6) is -5.33. The Morgan fingerprint density at radius 3 is 2.50 bits per heavy atom. The number of benzene rings is 2. The van der Waals surface area contributed by atoms with Gasteiger partial charge in [0.2, 0.25) is 5.91 Å². The summed E-state index contributed by atoms with van der Waals surface area (Å²) in [6, 6.07) is 8.30. The maximum Gasteiger partial charge on any atom is 0.435 e. The zero-order chi connectivity index (χ0) is 31.5.